The van der Waals surface area contributed by atoms with E-state index in [9.17, 15) is 9.90 Å². The summed E-state index contributed by atoms with van der Waals surface area (Å²) >= 11 is 1.37. The summed E-state index contributed by atoms with van der Waals surface area (Å²) in [6, 6.07) is 1.67. The average molecular weight is 256 g/mol. The van der Waals surface area contributed by atoms with Crippen LogP contribution in [-0.2, 0) is 0 Å². The van der Waals surface area contributed by atoms with Crippen LogP contribution in [0.4, 0.5) is 5.69 Å². The van der Waals surface area contributed by atoms with E-state index in [2.05, 4.69) is 5.32 Å². The van der Waals surface area contributed by atoms with Crippen LogP contribution >= 0.6 is 11.3 Å². The molecule has 0 saturated carbocycles. The number of amides is 1. The lowest BCUT2D eigenvalue weighted by atomic mass is 9.98. The molecule has 0 unspecified atom stereocenters. The maximum atomic E-state index is 11.8. The molecule has 4 nitrogen and oxygen atoms in total. The third-order valence-electron chi connectivity index (χ3n) is 3.07. The third kappa shape index (κ3) is 3.44. The lowest BCUT2D eigenvalue weighted by Crippen LogP contribution is -2.41. The van der Waals surface area contributed by atoms with Gasteiger partial charge in [-0.2, -0.15) is 0 Å². The number of aryl methyl sites for hydroxylation is 1. The van der Waals surface area contributed by atoms with Gasteiger partial charge < -0.3 is 16.2 Å². The van der Waals surface area contributed by atoms with E-state index in [-0.39, 0.29) is 12.5 Å². The molecule has 1 aromatic heterocycles. The van der Waals surface area contributed by atoms with Crippen molar-refractivity contribution in [3.05, 3.63) is 15.8 Å². The minimum Gasteiger partial charge on any atom is -0.398 e. The number of anilines is 1. The van der Waals surface area contributed by atoms with Gasteiger partial charge >= 0.3 is 0 Å². The zero-order chi connectivity index (χ0) is 13.1. The lowest BCUT2D eigenvalue weighted by molar-refractivity contribution is 0.0314. The van der Waals surface area contributed by atoms with Gasteiger partial charge in [-0.1, -0.05) is 13.8 Å². The van der Waals surface area contributed by atoms with E-state index in [1.807, 2.05) is 20.8 Å². The van der Waals surface area contributed by atoms with Crippen LogP contribution in [0.2, 0.25) is 0 Å². The first-order chi connectivity index (χ1) is 7.91. The number of rotatable bonds is 5. The van der Waals surface area contributed by atoms with Crippen molar-refractivity contribution in [1.82, 2.24) is 5.32 Å². The first kappa shape index (κ1) is 14.0. The van der Waals surface area contributed by atoms with E-state index >= 15 is 0 Å². The molecule has 0 bridgehead atoms. The molecular formula is C12H20N2O2S. The Morgan fingerprint density at radius 3 is 2.53 bits per heavy atom. The van der Waals surface area contributed by atoms with Crippen molar-refractivity contribution in [3.8, 4) is 0 Å². The zero-order valence-corrected chi connectivity index (χ0v) is 11.4. The smallest absolute Gasteiger partial charge is 0.261 e. The molecule has 0 radical (unpaired) electrons. The quantitative estimate of drug-likeness (QED) is 0.753. The van der Waals surface area contributed by atoms with Gasteiger partial charge in [-0.3, -0.25) is 4.79 Å². The summed E-state index contributed by atoms with van der Waals surface area (Å²) in [5, 5.41) is 12.8. The molecule has 96 valence electrons. The highest BCUT2D eigenvalue weighted by Crippen LogP contribution is 2.23. The number of carbonyl (C=O) groups excluding carboxylic acids is 1. The number of nitrogens with two attached hydrogens (primary N) is 1. The number of thiophene rings is 1. The van der Waals surface area contributed by atoms with E-state index in [0.717, 1.165) is 4.88 Å². The molecule has 4 N–H and O–H groups in total. The van der Waals surface area contributed by atoms with E-state index in [4.69, 9.17) is 5.73 Å². The van der Waals surface area contributed by atoms with Gasteiger partial charge in [-0.15, -0.1) is 11.3 Å². The molecule has 0 aliphatic heterocycles. The van der Waals surface area contributed by atoms with Crippen molar-refractivity contribution < 1.29 is 9.90 Å². The molecule has 5 heteroatoms. The van der Waals surface area contributed by atoms with Crippen LogP contribution in [0, 0.1) is 6.92 Å². The molecule has 0 saturated heterocycles. The van der Waals surface area contributed by atoms with Gasteiger partial charge in [0.2, 0.25) is 0 Å². The van der Waals surface area contributed by atoms with Crippen LogP contribution in [0.1, 0.15) is 41.2 Å². The van der Waals surface area contributed by atoms with Gasteiger partial charge in [0.25, 0.3) is 5.91 Å². The van der Waals surface area contributed by atoms with Crippen molar-refractivity contribution in [2.75, 3.05) is 12.3 Å². The fraction of sp³-hybridized carbons (Fsp3) is 0.583. The number of hydrogen-bond acceptors (Lipinski definition) is 4. The number of nitrogen functional groups attached to an aromatic ring is 1. The van der Waals surface area contributed by atoms with Crippen molar-refractivity contribution in [2.45, 2.75) is 39.2 Å². The molecule has 0 atom stereocenters. The summed E-state index contributed by atoms with van der Waals surface area (Å²) in [7, 11) is 0. The molecule has 0 spiro atoms. The normalized spacial score (nSPS) is 11.5. The topological polar surface area (TPSA) is 75.3 Å². The second-order valence-corrected chi connectivity index (χ2v) is 5.49. The van der Waals surface area contributed by atoms with Crippen LogP contribution in [0.25, 0.3) is 0 Å². The minimum absolute atomic E-state index is 0.171. The van der Waals surface area contributed by atoms with E-state index in [1.165, 1.54) is 11.3 Å². The highest BCUT2D eigenvalue weighted by molar-refractivity contribution is 7.14. The maximum absolute atomic E-state index is 11.8. The fourth-order valence-corrected chi connectivity index (χ4v) is 2.30. The fourth-order valence-electron chi connectivity index (χ4n) is 1.44. The first-order valence-corrected chi connectivity index (χ1v) is 6.60. The SMILES string of the molecule is CCC(O)(CC)CNC(=O)c1cc(N)c(C)s1. The predicted molar refractivity (Wildman–Crippen MR) is 71.3 cm³/mol. The average Bonchev–Trinajstić information content (AvgIpc) is 2.66. The van der Waals surface area contributed by atoms with Crippen molar-refractivity contribution in [3.63, 3.8) is 0 Å². The largest absolute Gasteiger partial charge is 0.398 e. The van der Waals surface area contributed by atoms with E-state index < -0.39 is 5.60 Å². The molecule has 0 aliphatic rings. The summed E-state index contributed by atoms with van der Waals surface area (Å²) in [5.74, 6) is -0.171. The molecule has 0 aromatic carbocycles. The third-order valence-corrected chi connectivity index (χ3v) is 4.14. The Morgan fingerprint density at radius 1 is 1.53 bits per heavy atom. The second kappa shape index (κ2) is 5.51. The van der Waals surface area contributed by atoms with Gasteiger partial charge in [0, 0.05) is 17.1 Å². The van der Waals surface area contributed by atoms with Gasteiger partial charge in [0.15, 0.2) is 0 Å². The molecule has 0 aliphatic carbocycles. The predicted octanol–water partition coefficient (Wildman–Crippen LogP) is 1.92. The van der Waals surface area contributed by atoms with Crippen LogP contribution in [0.5, 0.6) is 0 Å². The van der Waals surface area contributed by atoms with E-state index in [0.29, 0.717) is 23.4 Å². The Hall–Kier alpha value is -1.07. The Bertz CT molecular complexity index is 378. The number of aliphatic hydroxyl groups is 1. The Labute approximate surface area is 106 Å². The summed E-state index contributed by atoms with van der Waals surface area (Å²) in [6.07, 6.45) is 1.24. The van der Waals surface area contributed by atoms with Gasteiger partial charge in [-0.25, -0.2) is 0 Å². The molecule has 1 rings (SSSR count). The van der Waals surface area contributed by atoms with Crippen LogP contribution in [0.3, 0.4) is 0 Å². The van der Waals surface area contributed by atoms with Crippen LogP contribution in [0.15, 0.2) is 6.07 Å². The van der Waals surface area contributed by atoms with Gasteiger partial charge in [-0.05, 0) is 25.8 Å². The van der Waals surface area contributed by atoms with Crippen LogP contribution < -0.4 is 11.1 Å². The second-order valence-electron chi connectivity index (χ2n) is 4.24. The molecule has 1 amide bonds. The molecule has 0 fully saturated rings. The molecule has 1 heterocycles. The highest BCUT2D eigenvalue weighted by atomic mass is 32.1. The van der Waals surface area contributed by atoms with Crippen LogP contribution in [-0.4, -0.2) is 23.2 Å². The Morgan fingerprint density at radius 2 is 2.12 bits per heavy atom. The lowest BCUT2D eigenvalue weighted by Gasteiger charge is -2.25. The zero-order valence-electron chi connectivity index (χ0n) is 10.5. The van der Waals surface area contributed by atoms with Crippen molar-refractivity contribution in [2.24, 2.45) is 0 Å². The first-order valence-electron chi connectivity index (χ1n) is 5.78. The minimum atomic E-state index is -0.812. The number of carbonyl (C=O) groups is 1. The number of nitrogens with one attached hydrogen (secondary N) is 1. The Kier molecular flexibility index (Phi) is 4.54. The summed E-state index contributed by atoms with van der Waals surface area (Å²) < 4.78 is 0. The Balaban J connectivity index is 2.61. The summed E-state index contributed by atoms with van der Waals surface area (Å²) in [4.78, 5) is 13.4. The van der Waals surface area contributed by atoms with Crippen molar-refractivity contribution >= 4 is 22.9 Å². The van der Waals surface area contributed by atoms with Crippen molar-refractivity contribution in [1.29, 1.82) is 0 Å². The highest BCUT2D eigenvalue weighted by Gasteiger charge is 2.23. The maximum Gasteiger partial charge on any atom is 0.261 e. The summed E-state index contributed by atoms with van der Waals surface area (Å²) in [6.45, 7) is 5.97. The van der Waals surface area contributed by atoms with E-state index in [1.54, 1.807) is 6.07 Å². The summed E-state index contributed by atoms with van der Waals surface area (Å²) in [5.41, 5.74) is 5.52. The number of hydrogen-bond donors (Lipinski definition) is 3. The van der Waals surface area contributed by atoms with Gasteiger partial charge in [0.05, 0.1) is 10.5 Å². The molecule has 17 heavy (non-hydrogen) atoms. The molecule has 1 aromatic rings. The standard InChI is InChI=1S/C12H20N2O2S/c1-4-12(16,5-2)7-14-11(15)10-6-9(13)8(3)17-10/h6,16H,4-5,7,13H2,1-3H3,(H,14,15). The van der Waals surface area contributed by atoms with Gasteiger partial charge in [0.1, 0.15) is 0 Å². The molecular weight excluding hydrogens is 236 g/mol. The monoisotopic (exact) mass is 256 g/mol.